The van der Waals surface area contributed by atoms with E-state index in [9.17, 15) is 14.0 Å². The fraction of sp³-hybridized carbons (Fsp3) is 0.304. The number of carbonyl (C=O) groups excluding carboxylic acids is 2. The molecule has 7 nitrogen and oxygen atoms in total. The molecule has 10 heteroatoms. The molecule has 2 N–H and O–H groups in total. The van der Waals surface area contributed by atoms with E-state index < -0.39 is 11.8 Å². The second kappa shape index (κ2) is 10.8. The lowest BCUT2D eigenvalue weighted by atomic mass is 9.95. The average Bonchev–Trinajstić information content (AvgIpc) is 3.26. The summed E-state index contributed by atoms with van der Waals surface area (Å²) in [5.74, 6) is -0.714. The lowest BCUT2D eigenvalue weighted by Gasteiger charge is -2.25. The Morgan fingerprint density at radius 2 is 1.76 bits per heavy atom. The molecule has 33 heavy (non-hydrogen) atoms. The molecule has 3 aromatic rings. The number of hydrogen-bond acceptors (Lipinski definition) is 5. The first kappa shape index (κ1) is 23.3. The highest BCUT2D eigenvalue weighted by Crippen LogP contribution is 2.36. The summed E-state index contributed by atoms with van der Waals surface area (Å²) in [6.45, 7) is 0. The number of hydrogen-bond donors (Lipinski definition) is 2. The molecular formula is C23H23ClFN5O2S. The lowest BCUT2D eigenvalue weighted by Crippen LogP contribution is -2.42. The molecule has 4 rings (SSSR count). The smallest absolute Gasteiger partial charge is 0.269 e. The second-order valence-electron chi connectivity index (χ2n) is 7.75. The number of aromatic nitrogens is 3. The fourth-order valence-electron chi connectivity index (χ4n) is 3.84. The van der Waals surface area contributed by atoms with Crippen molar-refractivity contribution >= 4 is 35.2 Å². The van der Waals surface area contributed by atoms with E-state index in [1.807, 2.05) is 4.57 Å². The average molecular weight is 488 g/mol. The van der Waals surface area contributed by atoms with E-state index in [4.69, 9.17) is 11.6 Å². The molecule has 0 atom stereocenters. The van der Waals surface area contributed by atoms with Gasteiger partial charge in [-0.05, 0) is 49.2 Å². The van der Waals surface area contributed by atoms with Gasteiger partial charge in [-0.15, -0.1) is 10.2 Å². The third-order valence-electron chi connectivity index (χ3n) is 5.47. The number of halogens is 2. The van der Waals surface area contributed by atoms with Gasteiger partial charge < -0.3 is 0 Å². The third kappa shape index (κ3) is 5.72. The van der Waals surface area contributed by atoms with Crippen LogP contribution in [0.2, 0.25) is 5.02 Å². The Balaban J connectivity index is 1.44. The van der Waals surface area contributed by atoms with Crippen LogP contribution in [0.5, 0.6) is 0 Å². The van der Waals surface area contributed by atoms with Crippen LogP contribution in [0, 0.1) is 5.82 Å². The van der Waals surface area contributed by atoms with Crippen molar-refractivity contribution in [3.8, 4) is 11.4 Å². The van der Waals surface area contributed by atoms with Gasteiger partial charge in [0.05, 0.1) is 11.3 Å². The maximum atomic E-state index is 14.5. The number of benzene rings is 2. The van der Waals surface area contributed by atoms with Crippen molar-refractivity contribution in [3.63, 3.8) is 0 Å². The minimum Gasteiger partial charge on any atom is -0.299 e. The summed E-state index contributed by atoms with van der Waals surface area (Å²) in [6.07, 6.45) is 5.25. The summed E-state index contributed by atoms with van der Waals surface area (Å²) in [6, 6.07) is 13.0. The van der Waals surface area contributed by atoms with Crippen molar-refractivity contribution in [3.05, 3.63) is 64.9 Å². The third-order valence-corrected chi connectivity index (χ3v) is 6.67. The molecule has 2 amide bonds. The van der Waals surface area contributed by atoms with Gasteiger partial charge in [0.1, 0.15) is 5.82 Å². The molecule has 1 fully saturated rings. The van der Waals surface area contributed by atoms with E-state index in [0.717, 1.165) is 25.7 Å². The van der Waals surface area contributed by atoms with E-state index in [1.54, 1.807) is 42.5 Å². The van der Waals surface area contributed by atoms with Crippen LogP contribution in [0.4, 0.5) is 4.39 Å². The molecule has 1 saturated carbocycles. The fourth-order valence-corrected chi connectivity index (χ4v) is 4.77. The number of rotatable bonds is 6. The highest BCUT2D eigenvalue weighted by molar-refractivity contribution is 7.99. The summed E-state index contributed by atoms with van der Waals surface area (Å²) < 4.78 is 16.4. The van der Waals surface area contributed by atoms with Gasteiger partial charge >= 0.3 is 0 Å². The van der Waals surface area contributed by atoms with Crippen molar-refractivity contribution in [2.75, 3.05) is 5.75 Å². The van der Waals surface area contributed by atoms with Gasteiger partial charge in [0.25, 0.3) is 5.91 Å². The van der Waals surface area contributed by atoms with E-state index >= 15 is 0 Å². The van der Waals surface area contributed by atoms with Crippen LogP contribution in [0.1, 0.15) is 48.5 Å². The van der Waals surface area contributed by atoms with Gasteiger partial charge in [-0.2, -0.15) is 0 Å². The van der Waals surface area contributed by atoms with E-state index in [2.05, 4.69) is 21.0 Å². The first-order valence-corrected chi connectivity index (χ1v) is 12.1. The zero-order valence-corrected chi connectivity index (χ0v) is 19.3. The number of nitrogens with one attached hydrogen (secondary N) is 2. The molecule has 0 aliphatic heterocycles. The maximum absolute atomic E-state index is 14.5. The molecule has 1 aromatic heterocycles. The Kier molecular flexibility index (Phi) is 7.61. The summed E-state index contributed by atoms with van der Waals surface area (Å²) in [4.78, 5) is 24.5. The van der Waals surface area contributed by atoms with Gasteiger partial charge in [0, 0.05) is 16.6 Å². The molecule has 2 aromatic carbocycles. The van der Waals surface area contributed by atoms with Crippen LogP contribution in [-0.2, 0) is 4.79 Å². The molecule has 1 heterocycles. The SMILES string of the molecule is O=C(CSc1nnc(-c2ccccc2F)n1C1CCCCC1)NNC(=O)c1ccc(Cl)cc1. The quantitative estimate of drug-likeness (QED) is 0.385. The molecular weight excluding hydrogens is 465 g/mol. The first-order valence-electron chi connectivity index (χ1n) is 10.7. The number of thioether (sulfide) groups is 1. The van der Waals surface area contributed by atoms with Crippen molar-refractivity contribution in [1.82, 2.24) is 25.6 Å². The highest BCUT2D eigenvalue weighted by atomic mass is 35.5. The van der Waals surface area contributed by atoms with Gasteiger partial charge in [-0.3, -0.25) is 25.0 Å². The Labute approximate surface area is 200 Å². The number of amides is 2. The summed E-state index contributed by atoms with van der Waals surface area (Å²) in [5.41, 5.74) is 5.55. The Morgan fingerprint density at radius 3 is 2.48 bits per heavy atom. The van der Waals surface area contributed by atoms with Gasteiger partial charge in [0.2, 0.25) is 5.91 Å². The molecule has 0 saturated heterocycles. The first-order chi connectivity index (χ1) is 16.0. The maximum Gasteiger partial charge on any atom is 0.269 e. The van der Waals surface area contributed by atoms with Gasteiger partial charge in [-0.1, -0.05) is 54.8 Å². The molecule has 0 radical (unpaired) electrons. The zero-order valence-electron chi connectivity index (χ0n) is 17.8. The number of hydrazine groups is 1. The standard InChI is InChI=1S/C23H23ClFN5O2S/c24-16-12-10-15(11-13-16)22(32)28-26-20(31)14-33-23-29-27-21(18-8-4-5-9-19(18)25)30(23)17-6-2-1-3-7-17/h4-5,8-13,17H,1-3,6-7,14H2,(H,26,31)(H,28,32). The van der Waals surface area contributed by atoms with E-state index in [0.29, 0.717) is 27.1 Å². The molecule has 172 valence electrons. The second-order valence-corrected chi connectivity index (χ2v) is 9.12. The van der Waals surface area contributed by atoms with E-state index in [1.165, 1.54) is 24.2 Å². The summed E-state index contributed by atoms with van der Waals surface area (Å²) >= 11 is 7.03. The summed E-state index contributed by atoms with van der Waals surface area (Å²) in [5, 5.41) is 9.59. The monoisotopic (exact) mass is 487 g/mol. The lowest BCUT2D eigenvalue weighted by molar-refractivity contribution is -0.119. The largest absolute Gasteiger partial charge is 0.299 e. The van der Waals surface area contributed by atoms with Crippen LogP contribution in [-0.4, -0.2) is 32.3 Å². The molecule has 0 unspecified atom stereocenters. The minimum absolute atomic E-state index is 0.0169. The van der Waals surface area contributed by atoms with E-state index in [-0.39, 0.29) is 17.6 Å². The Morgan fingerprint density at radius 1 is 1.03 bits per heavy atom. The summed E-state index contributed by atoms with van der Waals surface area (Å²) in [7, 11) is 0. The van der Waals surface area contributed by atoms with Crippen molar-refractivity contribution in [2.24, 2.45) is 0 Å². The number of carbonyl (C=O) groups is 2. The normalized spacial score (nSPS) is 14.1. The van der Waals surface area contributed by atoms with Crippen LogP contribution < -0.4 is 10.9 Å². The predicted octanol–water partition coefficient (Wildman–Crippen LogP) is 4.80. The molecule has 1 aliphatic carbocycles. The molecule has 0 spiro atoms. The van der Waals surface area contributed by atoms with Crippen LogP contribution in [0.3, 0.4) is 0 Å². The van der Waals surface area contributed by atoms with Crippen molar-refractivity contribution < 1.29 is 14.0 Å². The van der Waals surface area contributed by atoms with Crippen LogP contribution in [0.15, 0.2) is 53.7 Å². The predicted molar refractivity (Wildman–Crippen MR) is 125 cm³/mol. The topological polar surface area (TPSA) is 88.9 Å². The van der Waals surface area contributed by atoms with Crippen molar-refractivity contribution in [2.45, 2.75) is 43.3 Å². The van der Waals surface area contributed by atoms with Gasteiger partial charge in [-0.25, -0.2) is 4.39 Å². The number of nitrogens with zero attached hydrogens (tertiary/aromatic N) is 3. The van der Waals surface area contributed by atoms with Crippen molar-refractivity contribution in [1.29, 1.82) is 0 Å². The minimum atomic E-state index is -0.447. The van der Waals surface area contributed by atoms with Gasteiger partial charge in [0.15, 0.2) is 11.0 Å². The molecule has 0 bridgehead atoms. The Hall–Kier alpha value is -2.91. The highest BCUT2D eigenvalue weighted by Gasteiger charge is 2.25. The Bertz CT molecular complexity index is 1130. The van der Waals surface area contributed by atoms with Crippen LogP contribution >= 0.6 is 23.4 Å². The zero-order chi connectivity index (χ0) is 23.2. The molecule has 1 aliphatic rings. The van der Waals surface area contributed by atoms with Crippen LogP contribution in [0.25, 0.3) is 11.4 Å².